The number of nitrogens with one attached hydrogen (secondary N) is 2. The summed E-state index contributed by atoms with van der Waals surface area (Å²) in [5, 5.41) is 14.3. The number of sulfonamides is 1. The lowest BCUT2D eigenvalue weighted by atomic mass is 10.0. The number of nitrogens with zero attached hydrogens (tertiary/aromatic N) is 2. The van der Waals surface area contributed by atoms with Gasteiger partial charge in [0.05, 0.1) is 48.1 Å². The van der Waals surface area contributed by atoms with Gasteiger partial charge in [0.1, 0.15) is 11.9 Å². The van der Waals surface area contributed by atoms with Crippen molar-refractivity contribution in [3.8, 4) is 11.3 Å². The van der Waals surface area contributed by atoms with Gasteiger partial charge < -0.3 is 29.6 Å². The number of fused-ring (bicyclic) bond motifs is 1. The summed E-state index contributed by atoms with van der Waals surface area (Å²) in [6.07, 6.45) is -0.0145. The molecule has 0 radical (unpaired) electrons. The van der Waals surface area contributed by atoms with Crippen molar-refractivity contribution in [2.45, 2.75) is 63.0 Å². The summed E-state index contributed by atoms with van der Waals surface area (Å²) < 4.78 is 45.8. The van der Waals surface area contributed by atoms with E-state index in [9.17, 15) is 18.3 Å². The number of aliphatic hydroxyl groups is 1. The van der Waals surface area contributed by atoms with Gasteiger partial charge in [0.25, 0.3) is 0 Å². The molecule has 1 amide bonds. The van der Waals surface area contributed by atoms with Crippen molar-refractivity contribution in [1.29, 1.82) is 0 Å². The maximum atomic E-state index is 13.9. The van der Waals surface area contributed by atoms with Crippen molar-refractivity contribution in [3.63, 3.8) is 0 Å². The molecule has 0 unspecified atom stereocenters. The lowest BCUT2D eigenvalue weighted by Gasteiger charge is -2.31. The molecule has 0 saturated carbocycles. The molecule has 1 aromatic heterocycles. The van der Waals surface area contributed by atoms with Crippen LogP contribution in [0, 0.1) is 18.8 Å². The predicted octanol–water partition coefficient (Wildman–Crippen LogP) is 3.49. The number of rotatable bonds is 12. The quantitative estimate of drug-likeness (QED) is 0.282. The summed E-state index contributed by atoms with van der Waals surface area (Å²) in [6.45, 7) is 6.45. The van der Waals surface area contributed by atoms with Crippen molar-refractivity contribution < 1.29 is 32.5 Å². The van der Waals surface area contributed by atoms with Crippen LogP contribution >= 0.6 is 0 Å². The highest BCUT2D eigenvalue weighted by Crippen LogP contribution is 2.33. The normalized spacial score (nSPS) is 21.6. The number of aromatic nitrogens is 2. The van der Waals surface area contributed by atoms with Crippen LogP contribution in [-0.2, 0) is 30.7 Å². The van der Waals surface area contributed by atoms with E-state index in [1.807, 2.05) is 51.1 Å². The molecule has 11 nitrogen and oxygen atoms in total. The molecular weight excluding hydrogens is 572 g/mol. The maximum absolute atomic E-state index is 13.9. The van der Waals surface area contributed by atoms with Crippen LogP contribution in [0.2, 0.25) is 0 Å². The molecule has 3 heterocycles. The Balaban J connectivity index is 1.32. The fourth-order valence-corrected chi connectivity index (χ4v) is 7.18. The van der Waals surface area contributed by atoms with Crippen LogP contribution in [0.4, 0.5) is 4.79 Å². The van der Waals surface area contributed by atoms with E-state index in [0.717, 1.165) is 29.1 Å². The number of hydrogen-bond acceptors (Lipinski definition) is 8. The number of aryl methyl sites for hydroxylation is 1. The molecule has 3 aromatic rings. The Bertz CT molecular complexity index is 1460. The Labute approximate surface area is 252 Å². The van der Waals surface area contributed by atoms with Gasteiger partial charge in [-0.1, -0.05) is 56.3 Å². The molecule has 0 spiro atoms. The first-order chi connectivity index (χ1) is 20.6. The predicted molar refractivity (Wildman–Crippen MR) is 160 cm³/mol. The molecular formula is C31H40N4O7S. The van der Waals surface area contributed by atoms with Crippen molar-refractivity contribution >= 4 is 16.1 Å². The molecule has 2 saturated heterocycles. The smallest absolute Gasteiger partial charge is 0.407 e. The number of alkyl carbamates (subject to hydrolysis) is 1. The van der Waals surface area contributed by atoms with E-state index in [-0.39, 0.29) is 49.1 Å². The zero-order valence-electron chi connectivity index (χ0n) is 24.7. The number of imidazole rings is 1. The molecule has 43 heavy (non-hydrogen) atoms. The second kappa shape index (κ2) is 13.6. The SMILES string of the molecule is Cc1ncc(-c2ccc(S(=O)(=O)N(CC(C)C)C[C@@H](O)[C@H](Cc3ccccc3)NC(=O)O[C@H]3CO[C@H]4OCC[C@H]43)cc2)[nH]1. The van der Waals surface area contributed by atoms with E-state index in [4.69, 9.17) is 14.2 Å². The number of aromatic amines is 1. The minimum absolute atomic E-state index is 0.0105. The Morgan fingerprint density at radius 1 is 1.14 bits per heavy atom. The number of amides is 1. The Kier molecular flexibility index (Phi) is 9.82. The van der Waals surface area contributed by atoms with Gasteiger partial charge in [-0.05, 0) is 48.9 Å². The van der Waals surface area contributed by atoms with Crippen LogP contribution in [-0.4, -0.2) is 84.7 Å². The number of carbonyl (C=O) groups excluding carboxylic acids is 1. The first-order valence-electron chi connectivity index (χ1n) is 14.6. The summed E-state index contributed by atoms with van der Waals surface area (Å²) in [5.41, 5.74) is 2.48. The molecule has 0 aliphatic carbocycles. The standard InChI is InChI=1S/C31H40N4O7S/c1-20(2)17-35(43(38,39)24-11-9-23(10-12-24)27-16-32-21(3)33-27)18-28(36)26(15-22-7-5-4-6-8-22)34-31(37)42-29-19-41-30-25(29)13-14-40-30/h4-12,16,20,25-26,28-30,36H,13-15,17-19H2,1-3H3,(H,32,33)(H,34,37)/t25-,26-,28+,29-,30+/m0/s1. The molecule has 5 atom stereocenters. The minimum Gasteiger partial charge on any atom is -0.443 e. The van der Waals surface area contributed by atoms with Gasteiger partial charge in [0.15, 0.2) is 6.29 Å². The third-order valence-electron chi connectivity index (χ3n) is 7.78. The number of ether oxygens (including phenoxy) is 3. The first-order valence-corrected chi connectivity index (χ1v) is 16.1. The van der Waals surface area contributed by atoms with Crippen molar-refractivity contribution in [3.05, 3.63) is 72.2 Å². The Hall–Kier alpha value is -3.29. The Morgan fingerprint density at radius 3 is 2.56 bits per heavy atom. The number of benzene rings is 2. The van der Waals surface area contributed by atoms with E-state index in [0.29, 0.717) is 6.61 Å². The van der Waals surface area contributed by atoms with Crippen LogP contribution in [0.3, 0.4) is 0 Å². The number of aliphatic hydroxyl groups excluding tert-OH is 1. The van der Waals surface area contributed by atoms with E-state index < -0.39 is 34.4 Å². The molecule has 2 aliphatic rings. The molecule has 12 heteroatoms. The minimum atomic E-state index is -3.98. The van der Waals surface area contributed by atoms with Crippen molar-refractivity contribution in [1.82, 2.24) is 19.6 Å². The van der Waals surface area contributed by atoms with Crippen LogP contribution in [0.25, 0.3) is 11.3 Å². The average Bonchev–Trinajstić information content (AvgIpc) is 3.72. The zero-order valence-corrected chi connectivity index (χ0v) is 25.5. The number of H-pyrrole nitrogens is 1. The largest absolute Gasteiger partial charge is 0.443 e. The first kappa shape index (κ1) is 31.1. The maximum Gasteiger partial charge on any atom is 0.407 e. The fraction of sp³-hybridized carbons (Fsp3) is 0.484. The average molecular weight is 613 g/mol. The second-order valence-electron chi connectivity index (χ2n) is 11.6. The van der Waals surface area contributed by atoms with E-state index in [1.54, 1.807) is 30.5 Å². The highest BCUT2D eigenvalue weighted by molar-refractivity contribution is 7.89. The van der Waals surface area contributed by atoms with Crippen molar-refractivity contribution in [2.24, 2.45) is 11.8 Å². The molecule has 0 bridgehead atoms. The monoisotopic (exact) mass is 612 g/mol. The van der Waals surface area contributed by atoms with Gasteiger partial charge in [-0.25, -0.2) is 18.2 Å². The molecule has 2 aromatic carbocycles. The van der Waals surface area contributed by atoms with E-state index in [1.165, 1.54) is 4.31 Å². The van der Waals surface area contributed by atoms with E-state index in [2.05, 4.69) is 15.3 Å². The third kappa shape index (κ3) is 7.63. The number of carbonyl (C=O) groups is 1. The van der Waals surface area contributed by atoms with Crippen LogP contribution in [0.5, 0.6) is 0 Å². The van der Waals surface area contributed by atoms with Crippen LogP contribution < -0.4 is 5.32 Å². The highest BCUT2D eigenvalue weighted by Gasteiger charge is 2.44. The van der Waals surface area contributed by atoms with Gasteiger partial charge in [-0.15, -0.1) is 0 Å². The lowest BCUT2D eigenvalue weighted by molar-refractivity contribution is -0.0907. The highest BCUT2D eigenvalue weighted by atomic mass is 32.2. The number of hydrogen-bond donors (Lipinski definition) is 3. The Morgan fingerprint density at radius 2 is 1.88 bits per heavy atom. The molecule has 232 valence electrons. The van der Waals surface area contributed by atoms with Crippen LogP contribution in [0.15, 0.2) is 65.7 Å². The fourth-order valence-electron chi connectivity index (χ4n) is 5.56. The van der Waals surface area contributed by atoms with Crippen LogP contribution in [0.1, 0.15) is 31.7 Å². The summed E-state index contributed by atoms with van der Waals surface area (Å²) in [6, 6.07) is 15.2. The van der Waals surface area contributed by atoms with Gasteiger partial charge in [-0.2, -0.15) is 4.31 Å². The van der Waals surface area contributed by atoms with Gasteiger partial charge in [-0.3, -0.25) is 0 Å². The molecule has 2 aliphatic heterocycles. The summed E-state index contributed by atoms with van der Waals surface area (Å²) in [7, 11) is -3.98. The summed E-state index contributed by atoms with van der Waals surface area (Å²) in [5.74, 6) is 0.724. The molecule has 2 fully saturated rings. The topological polar surface area (TPSA) is 143 Å². The molecule has 5 rings (SSSR count). The van der Waals surface area contributed by atoms with Gasteiger partial charge in [0.2, 0.25) is 10.0 Å². The van der Waals surface area contributed by atoms with E-state index >= 15 is 0 Å². The zero-order chi connectivity index (χ0) is 30.6. The van der Waals surface area contributed by atoms with Gasteiger partial charge >= 0.3 is 6.09 Å². The third-order valence-corrected chi connectivity index (χ3v) is 9.62. The van der Waals surface area contributed by atoms with Crippen molar-refractivity contribution in [2.75, 3.05) is 26.3 Å². The lowest BCUT2D eigenvalue weighted by Crippen LogP contribution is -2.51. The summed E-state index contributed by atoms with van der Waals surface area (Å²) in [4.78, 5) is 20.5. The summed E-state index contributed by atoms with van der Waals surface area (Å²) >= 11 is 0. The molecule has 3 N–H and O–H groups in total. The second-order valence-corrected chi connectivity index (χ2v) is 13.5. The van der Waals surface area contributed by atoms with Gasteiger partial charge in [0, 0.05) is 13.1 Å².